The van der Waals surface area contributed by atoms with Crippen molar-refractivity contribution in [3.8, 4) is 0 Å². The Morgan fingerprint density at radius 1 is 1.11 bits per heavy atom. The number of hydrogen-bond acceptors (Lipinski definition) is 2. The number of rotatable bonds is 4. The van der Waals surface area contributed by atoms with Crippen molar-refractivity contribution < 1.29 is 0 Å². The van der Waals surface area contributed by atoms with E-state index in [1.807, 2.05) is 0 Å². The van der Waals surface area contributed by atoms with Gasteiger partial charge in [0.15, 0.2) is 0 Å². The first-order valence-electron chi connectivity index (χ1n) is 8.32. The topological polar surface area (TPSA) is 15.3 Å². The summed E-state index contributed by atoms with van der Waals surface area (Å²) >= 11 is 0. The molecule has 1 aliphatic heterocycles. The van der Waals surface area contributed by atoms with Crippen LogP contribution in [0.5, 0.6) is 0 Å². The Kier molecular flexibility index (Phi) is 5.97. The number of nitrogens with one attached hydrogen (secondary N) is 1. The van der Waals surface area contributed by atoms with E-state index in [2.05, 4.69) is 24.1 Å². The van der Waals surface area contributed by atoms with E-state index in [1.54, 1.807) is 0 Å². The largest absolute Gasteiger partial charge is 0.313 e. The van der Waals surface area contributed by atoms with Gasteiger partial charge in [-0.05, 0) is 51.1 Å². The Labute approximate surface area is 114 Å². The molecule has 0 aromatic heterocycles. The van der Waals surface area contributed by atoms with Gasteiger partial charge in [-0.15, -0.1) is 0 Å². The Hall–Kier alpha value is -0.0800. The fourth-order valence-corrected chi connectivity index (χ4v) is 4.01. The Bertz CT molecular complexity index is 223. The van der Waals surface area contributed by atoms with Crippen LogP contribution in [0, 0.1) is 5.92 Å². The molecule has 0 radical (unpaired) electrons. The molecule has 0 spiro atoms. The van der Waals surface area contributed by atoms with E-state index in [9.17, 15) is 0 Å². The van der Waals surface area contributed by atoms with E-state index >= 15 is 0 Å². The predicted molar refractivity (Wildman–Crippen MR) is 78.9 cm³/mol. The number of nitrogens with zero attached hydrogens (tertiary/aromatic N) is 1. The van der Waals surface area contributed by atoms with Crippen LogP contribution < -0.4 is 5.32 Å². The molecule has 18 heavy (non-hydrogen) atoms. The molecule has 1 N–H and O–H groups in total. The Morgan fingerprint density at radius 2 is 1.89 bits per heavy atom. The van der Waals surface area contributed by atoms with Crippen molar-refractivity contribution in [2.24, 2.45) is 5.92 Å². The van der Waals surface area contributed by atoms with E-state index in [-0.39, 0.29) is 0 Å². The molecule has 106 valence electrons. The van der Waals surface area contributed by atoms with Crippen LogP contribution in [0.2, 0.25) is 0 Å². The lowest BCUT2D eigenvalue weighted by molar-refractivity contribution is 0.110. The average Bonchev–Trinajstić information content (AvgIpc) is 2.66. The lowest BCUT2D eigenvalue weighted by atomic mass is 9.82. The molecule has 2 unspecified atom stereocenters. The lowest BCUT2D eigenvalue weighted by Crippen LogP contribution is -2.45. The molecule has 1 aliphatic carbocycles. The van der Waals surface area contributed by atoms with Crippen molar-refractivity contribution in [2.75, 3.05) is 19.6 Å². The van der Waals surface area contributed by atoms with Gasteiger partial charge in [-0.25, -0.2) is 0 Å². The zero-order chi connectivity index (χ0) is 12.8. The van der Waals surface area contributed by atoms with Crippen LogP contribution >= 0.6 is 0 Å². The molecule has 0 aromatic rings. The summed E-state index contributed by atoms with van der Waals surface area (Å²) in [5.41, 5.74) is 0. The highest BCUT2D eigenvalue weighted by atomic mass is 15.2. The first kappa shape index (κ1) is 14.3. The third-order valence-electron chi connectivity index (χ3n) is 5.08. The zero-order valence-corrected chi connectivity index (χ0v) is 12.5. The second-order valence-electron chi connectivity index (χ2n) is 6.28. The van der Waals surface area contributed by atoms with Gasteiger partial charge in [-0.2, -0.15) is 0 Å². The van der Waals surface area contributed by atoms with Crippen LogP contribution in [0.1, 0.15) is 65.2 Å². The predicted octanol–water partition coefficient (Wildman–Crippen LogP) is 3.42. The van der Waals surface area contributed by atoms with Crippen molar-refractivity contribution in [2.45, 2.75) is 77.3 Å². The van der Waals surface area contributed by atoms with Crippen molar-refractivity contribution in [3.63, 3.8) is 0 Å². The lowest BCUT2D eigenvalue weighted by Gasteiger charge is -2.39. The highest BCUT2D eigenvalue weighted by Crippen LogP contribution is 2.31. The van der Waals surface area contributed by atoms with Gasteiger partial charge in [-0.3, -0.25) is 4.90 Å². The highest BCUT2D eigenvalue weighted by molar-refractivity contribution is 4.85. The van der Waals surface area contributed by atoms with Crippen molar-refractivity contribution in [1.82, 2.24) is 10.2 Å². The molecule has 2 nitrogen and oxygen atoms in total. The molecule has 2 fully saturated rings. The fraction of sp³-hybridized carbons (Fsp3) is 1.00. The van der Waals surface area contributed by atoms with E-state index < -0.39 is 0 Å². The van der Waals surface area contributed by atoms with E-state index in [0.29, 0.717) is 0 Å². The third kappa shape index (κ3) is 3.71. The normalized spacial score (nSPS) is 30.0. The van der Waals surface area contributed by atoms with Crippen molar-refractivity contribution >= 4 is 0 Å². The second-order valence-corrected chi connectivity index (χ2v) is 6.28. The summed E-state index contributed by atoms with van der Waals surface area (Å²) in [5.74, 6) is 0.986. The monoisotopic (exact) mass is 252 g/mol. The fourth-order valence-electron chi connectivity index (χ4n) is 4.01. The first-order valence-corrected chi connectivity index (χ1v) is 8.32. The van der Waals surface area contributed by atoms with Gasteiger partial charge < -0.3 is 5.32 Å². The average molecular weight is 252 g/mol. The maximum absolute atomic E-state index is 3.70. The molecule has 1 saturated heterocycles. The third-order valence-corrected chi connectivity index (χ3v) is 5.08. The van der Waals surface area contributed by atoms with Crippen LogP contribution in [0.3, 0.4) is 0 Å². The molecular weight excluding hydrogens is 220 g/mol. The van der Waals surface area contributed by atoms with Crippen LogP contribution in [-0.4, -0.2) is 36.6 Å². The van der Waals surface area contributed by atoms with Gasteiger partial charge in [0, 0.05) is 18.6 Å². The molecule has 2 aliphatic rings. The standard InChI is InChI=1S/C16H32N2/c1-3-15-13-18(12-8-11-17-15)16(4-2)14-9-6-5-7-10-14/h14-17H,3-13H2,1-2H3. The van der Waals surface area contributed by atoms with Gasteiger partial charge in [0.2, 0.25) is 0 Å². The summed E-state index contributed by atoms with van der Waals surface area (Å²) in [6.07, 6.45) is 11.4. The van der Waals surface area contributed by atoms with Gasteiger partial charge in [0.05, 0.1) is 0 Å². The Balaban J connectivity index is 1.95. The van der Waals surface area contributed by atoms with Gasteiger partial charge >= 0.3 is 0 Å². The summed E-state index contributed by atoms with van der Waals surface area (Å²) in [6.45, 7) is 8.54. The number of hydrogen-bond donors (Lipinski definition) is 1. The Morgan fingerprint density at radius 3 is 2.56 bits per heavy atom. The SMILES string of the molecule is CCC1CN(C(CC)C2CCCCC2)CCCN1. The molecule has 1 saturated carbocycles. The maximum atomic E-state index is 3.70. The minimum Gasteiger partial charge on any atom is -0.313 e. The van der Waals surface area contributed by atoms with Crippen LogP contribution in [0.15, 0.2) is 0 Å². The highest BCUT2D eigenvalue weighted by Gasteiger charge is 2.29. The molecule has 1 heterocycles. The summed E-state index contributed by atoms with van der Waals surface area (Å²) in [4.78, 5) is 2.82. The molecular formula is C16H32N2. The van der Waals surface area contributed by atoms with Crippen molar-refractivity contribution in [1.29, 1.82) is 0 Å². The van der Waals surface area contributed by atoms with Crippen LogP contribution in [0.4, 0.5) is 0 Å². The maximum Gasteiger partial charge on any atom is 0.0192 e. The first-order chi connectivity index (χ1) is 8.85. The van der Waals surface area contributed by atoms with Crippen LogP contribution in [0.25, 0.3) is 0 Å². The van der Waals surface area contributed by atoms with Gasteiger partial charge in [0.1, 0.15) is 0 Å². The second kappa shape index (κ2) is 7.49. The van der Waals surface area contributed by atoms with Crippen LogP contribution in [-0.2, 0) is 0 Å². The molecule has 0 amide bonds. The van der Waals surface area contributed by atoms with E-state index in [1.165, 1.54) is 71.0 Å². The van der Waals surface area contributed by atoms with Gasteiger partial charge in [-0.1, -0.05) is 33.1 Å². The summed E-state index contributed by atoms with van der Waals surface area (Å²) in [5, 5.41) is 3.70. The summed E-state index contributed by atoms with van der Waals surface area (Å²) in [7, 11) is 0. The molecule has 2 atom stereocenters. The summed E-state index contributed by atoms with van der Waals surface area (Å²) < 4.78 is 0. The van der Waals surface area contributed by atoms with E-state index in [0.717, 1.165) is 18.0 Å². The summed E-state index contributed by atoms with van der Waals surface area (Å²) in [6, 6.07) is 1.59. The minimum atomic E-state index is 0.727. The van der Waals surface area contributed by atoms with Crippen molar-refractivity contribution in [3.05, 3.63) is 0 Å². The molecule has 0 aromatic carbocycles. The van der Waals surface area contributed by atoms with Gasteiger partial charge in [0.25, 0.3) is 0 Å². The minimum absolute atomic E-state index is 0.727. The zero-order valence-electron chi connectivity index (χ0n) is 12.5. The quantitative estimate of drug-likeness (QED) is 0.825. The molecule has 0 bridgehead atoms. The smallest absolute Gasteiger partial charge is 0.0192 e. The van der Waals surface area contributed by atoms with E-state index in [4.69, 9.17) is 0 Å². The molecule has 2 rings (SSSR count). The molecule has 2 heteroatoms.